The quantitative estimate of drug-likeness (QED) is 0.563. The van der Waals surface area contributed by atoms with E-state index in [1.165, 1.54) is 17.6 Å². The first-order chi connectivity index (χ1) is 14.1. The van der Waals surface area contributed by atoms with Crippen LogP contribution in [-0.2, 0) is 4.79 Å². The van der Waals surface area contributed by atoms with Gasteiger partial charge in [0.15, 0.2) is 0 Å². The van der Waals surface area contributed by atoms with Crippen LogP contribution < -0.4 is 0 Å². The van der Waals surface area contributed by atoms with Gasteiger partial charge in [-0.1, -0.05) is 52.0 Å². The van der Waals surface area contributed by atoms with Crippen molar-refractivity contribution in [2.45, 2.75) is 46.5 Å². The first-order valence-electron chi connectivity index (χ1n) is 9.80. The smallest absolute Gasteiger partial charge is 0.296 e. The minimum absolute atomic E-state index is 0.0529. The Hall–Kier alpha value is -3.48. The van der Waals surface area contributed by atoms with E-state index in [9.17, 15) is 19.8 Å². The average molecular weight is 407 g/mol. The van der Waals surface area contributed by atoms with Crippen molar-refractivity contribution in [1.82, 2.24) is 4.57 Å². The van der Waals surface area contributed by atoms with Crippen molar-refractivity contribution in [2.24, 2.45) is 10.2 Å². The van der Waals surface area contributed by atoms with Crippen molar-refractivity contribution in [2.75, 3.05) is 0 Å². The van der Waals surface area contributed by atoms with E-state index < -0.39 is 11.8 Å². The number of hydrogen-bond acceptors (Lipinski definition) is 4. The number of nitrogens with zero attached hydrogens (tertiary/aromatic N) is 3. The summed E-state index contributed by atoms with van der Waals surface area (Å²) in [5, 5.41) is 29.4. The topological polar surface area (TPSA) is 104 Å². The van der Waals surface area contributed by atoms with Gasteiger partial charge in [0.1, 0.15) is 0 Å². The highest BCUT2D eigenvalue weighted by atomic mass is 16.3. The summed E-state index contributed by atoms with van der Waals surface area (Å²) >= 11 is 0. The minimum atomic E-state index is -0.774. The number of carbonyl (C=O) groups is 2. The van der Waals surface area contributed by atoms with Gasteiger partial charge in [0.2, 0.25) is 11.8 Å². The molecular weight excluding hydrogens is 382 g/mol. The van der Waals surface area contributed by atoms with E-state index in [-0.39, 0.29) is 34.5 Å². The van der Waals surface area contributed by atoms with Crippen molar-refractivity contribution in [3.05, 3.63) is 53.1 Å². The summed E-state index contributed by atoms with van der Waals surface area (Å²) in [6.07, 6.45) is 0. The summed E-state index contributed by atoms with van der Waals surface area (Å²) < 4.78 is 1.38. The molecule has 0 aliphatic carbocycles. The van der Waals surface area contributed by atoms with Crippen molar-refractivity contribution in [3.8, 4) is 17.4 Å². The third-order valence-electron chi connectivity index (χ3n) is 5.03. The van der Waals surface area contributed by atoms with Gasteiger partial charge in [0.05, 0.1) is 16.6 Å². The molecule has 2 aromatic carbocycles. The Morgan fingerprint density at radius 3 is 1.97 bits per heavy atom. The molecule has 0 saturated carbocycles. The van der Waals surface area contributed by atoms with Crippen LogP contribution in [-0.4, -0.2) is 26.6 Å². The Balaban J connectivity index is 2.38. The highest BCUT2D eigenvalue weighted by Gasteiger charge is 2.26. The van der Waals surface area contributed by atoms with Crippen LogP contribution in [0, 0.1) is 0 Å². The number of fused-ring (bicyclic) bond motifs is 1. The highest BCUT2D eigenvalue weighted by Crippen LogP contribution is 2.44. The zero-order valence-corrected chi connectivity index (χ0v) is 17.7. The van der Waals surface area contributed by atoms with Gasteiger partial charge in [0, 0.05) is 12.3 Å². The standard InChI is InChI=1S/C23H25N3O4/c1-12(2)15-8-6-9-16(13(3)4)20(15)26-22(29)18-11-7-10-17(19(18)23(26)30)21(28)25-24-14(5)27/h6-13,29-30H,1-5H3. The molecule has 0 fully saturated rings. The van der Waals surface area contributed by atoms with Crippen molar-refractivity contribution < 1.29 is 19.8 Å². The zero-order chi connectivity index (χ0) is 22.2. The molecule has 0 atom stereocenters. The number of azo groups is 1. The Kier molecular flexibility index (Phi) is 5.73. The first-order valence-corrected chi connectivity index (χ1v) is 9.80. The molecule has 7 heteroatoms. The second kappa shape index (κ2) is 8.10. The van der Waals surface area contributed by atoms with E-state index in [1.54, 1.807) is 12.1 Å². The number of aromatic hydroxyl groups is 2. The van der Waals surface area contributed by atoms with Gasteiger partial charge >= 0.3 is 0 Å². The van der Waals surface area contributed by atoms with E-state index in [0.29, 0.717) is 11.1 Å². The number of aromatic nitrogens is 1. The lowest BCUT2D eigenvalue weighted by atomic mass is 9.92. The average Bonchev–Trinajstić information content (AvgIpc) is 2.95. The maximum Gasteiger partial charge on any atom is 0.296 e. The Bertz CT molecular complexity index is 1150. The lowest BCUT2D eigenvalue weighted by Crippen LogP contribution is -2.06. The zero-order valence-electron chi connectivity index (χ0n) is 17.7. The first kappa shape index (κ1) is 21.2. The molecule has 156 valence electrons. The summed E-state index contributed by atoms with van der Waals surface area (Å²) in [7, 11) is 0. The molecule has 0 spiro atoms. The van der Waals surface area contributed by atoms with Gasteiger partial charge in [-0.3, -0.25) is 9.59 Å². The predicted molar refractivity (Wildman–Crippen MR) is 115 cm³/mol. The molecule has 7 nitrogen and oxygen atoms in total. The molecule has 0 unspecified atom stereocenters. The second-order valence-electron chi connectivity index (χ2n) is 7.83. The molecule has 30 heavy (non-hydrogen) atoms. The lowest BCUT2D eigenvalue weighted by molar-refractivity contribution is -0.116. The normalized spacial score (nSPS) is 11.8. The van der Waals surface area contributed by atoms with E-state index in [4.69, 9.17) is 0 Å². The van der Waals surface area contributed by atoms with Gasteiger partial charge in [-0.15, -0.1) is 10.2 Å². The third kappa shape index (κ3) is 3.58. The minimum Gasteiger partial charge on any atom is -0.494 e. The molecule has 0 radical (unpaired) electrons. The van der Waals surface area contributed by atoms with Crippen molar-refractivity contribution in [3.63, 3.8) is 0 Å². The summed E-state index contributed by atoms with van der Waals surface area (Å²) in [5.41, 5.74) is 2.65. The molecule has 0 saturated heterocycles. The number of rotatable bonds is 4. The number of carbonyl (C=O) groups excluding carboxylic acids is 2. The van der Waals surface area contributed by atoms with Crippen LogP contribution in [0.15, 0.2) is 46.6 Å². The van der Waals surface area contributed by atoms with Gasteiger partial charge in [0.25, 0.3) is 11.8 Å². The Morgan fingerprint density at radius 1 is 0.867 bits per heavy atom. The maximum absolute atomic E-state index is 12.5. The van der Waals surface area contributed by atoms with E-state index >= 15 is 0 Å². The largest absolute Gasteiger partial charge is 0.494 e. The highest BCUT2D eigenvalue weighted by molar-refractivity contribution is 6.11. The summed E-state index contributed by atoms with van der Waals surface area (Å²) in [5.74, 6) is -1.55. The van der Waals surface area contributed by atoms with Crippen LogP contribution in [0.25, 0.3) is 16.5 Å². The fourth-order valence-electron chi connectivity index (χ4n) is 3.64. The van der Waals surface area contributed by atoms with Gasteiger partial charge in [-0.05, 0) is 35.1 Å². The van der Waals surface area contributed by atoms with Crippen molar-refractivity contribution >= 4 is 22.6 Å². The maximum atomic E-state index is 12.5. The van der Waals surface area contributed by atoms with E-state index in [1.807, 2.05) is 45.9 Å². The van der Waals surface area contributed by atoms with Crippen LogP contribution in [0.1, 0.15) is 67.9 Å². The van der Waals surface area contributed by atoms with Gasteiger partial charge in [-0.25, -0.2) is 4.57 Å². The van der Waals surface area contributed by atoms with E-state index in [2.05, 4.69) is 10.2 Å². The molecule has 0 bridgehead atoms. The Morgan fingerprint density at radius 2 is 1.43 bits per heavy atom. The molecule has 0 aliphatic heterocycles. The molecule has 1 aromatic heterocycles. The number of amides is 2. The molecule has 3 rings (SSSR count). The molecule has 2 N–H and O–H groups in total. The van der Waals surface area contributed by atoms with Crippen LogP contribution in [0.2, 0.25) is 0 Å². The Labute approximate surface area is 174 Å². The number of hydrogen-bond donors (Lipinski definition) is 2. The van der Waals surface area contributed by atoms with Crippen LogP contribution >= 0.6 is 0 Å². The molecule has 1 heterocycles. The van der Waals surface area contributed by atoms with Crippen molar-refractivity contribution in [1.29, 1.82) is 0 Å². The fourth-order valence-corrected chi connectivity index (χ4v) is 3.64. The number of para-hydroxylation sites is 1. The lowest BCUT2D eigenvalue weighted by Gasteiger charge is -2.21. The SMILES string of the molecule is CC(=O)N=NC(=O)c1cccc2c(O)n(-c3c(C(C)C)cccc3C(C)C)c(O)c12. The summed E-state index contributed by atoms with van der Waals surface area (Å²) in [4.78, 5) is 23.6. The second-order valence-corrected chi connectivity index (χ2v) is 7.83. The van der Waals surface area contributed by atoms with Crippen LogP contribution in [0.5, 0.6) is 11.8 Å². The van der Waals surface area contributed by atoms with Crippen LogP contribution in [0.4, 0.5) is 0 Å². The van der Waals surface area contributed by atoms with Gasteiger partial charge < -0.3 is 10.2 Å². The summed E-state index contributed by atoms with van der Waals surface area (Å²) in [6.45, 7) is 9.34. The predicted octanol–water partition coefficient (Wildman–Crippen LogP) is 5.43. The molecular formula is C23H25N3O4. The molecule has 2 amide bonds. The van der Waals surface area contributed by atoms with Crippen LogP contribution in [0.3, 0.4) is 0 Å². The summed E-state index contributed by atoms with van der Waals surface area (Å²) in [6, 6.07) is 10.6. The molecule has 0 aliphatic rings. The van der Waals surface area contributed by atoms with Gasteiger partial charge in [-0.2, -0.15) is 0 Å². The number of benzene rings is 2. The monoisotopic (exact) mass is 407 g/mol. The fraction of sp³-hybridized carbons (Fsp3) is 0.304. The molecule has 3 aromatic rings. The van der Waals surface area contributed by atoms with E-state index in [0.717, 1.165) is 11.1 Å². The third-order valence-corrected chi connectivity index (χ3v) is 5.03.